The van der Waals surface area contributed by atoms with Crippen LogP contribution < -0.4 is 0 Å². The first-order chi connectivity index (χ1) is 10.3. The molecule has 0 amide bonds. The summed E-state index contributed by atoms with van der Waals surface area (Å²) in [5.41, 5.74) is 7.01. The molecule has 0 unspecified atom stereocenters. The van der Waals surface area contributed by atoms with E-state index < -0.39 is 20.8 Å². The van der Waals surface area contributed by atoms with E-state index in [1.165, 1.54) is 40.7 Å². The van der Waals surface area contributed by atoms with E-state index in [9.17, 15) is 0 Å². The van der Waals surface area contributed by atoms with Crippen molar-refractivity contribution >= 4 is 23.1 Å². The van der Waals surface area contributed by atoms with Crippen molar-refractivity contribution in [1.29, 1.82) is 0 Å². The van der Waals surface area contributed by atoms with Crippen molar-refractivity contribution in [3.63, 3.8) is 0 Å². The van der Waals surface area contributed by atoms with Gasteiger partial charge in [-0.1, -0.05) is 60.2 Å². The Labute approximate surface area is 144 Å². The number of hydrogen-bond donors (Lipinski definition) is 0. The molecule has 2 aliphatic carbocycles. The van der Waals surface area contributed by atoms with Crippen LogP contribution in [0.4, 0.5) is 0 Å². The fraction of sp³-hybridized carbons (Fsp3) is 0.167. The van der Waals surface area contributed by atoms with E-state index in [1.807, 2.05) is 0 Å². The number of halogens is 2. The van der Waals surface area contributed by atoms with Crippen LogP contribution in [-0.2, 0) is 20.8 Å². The summed E-state index contributed by atoms with van der Waals surface area (Å²) in [5.74, 6) is 0.834. The van der Waals surface area contributed by atoms with E-state index in [0.29, 0.717) is 0 Å². The minimum atomic E-state index is -0.826. The van der Waals surface area contributed by atoms with Gasteiger partial charge >= 0.3 is 37.9 Å². The Balaban J connectivity index is 0.000000409. The molecule has 0 heterocycles. The minimum absolute atomic E-state index is 0.826. The van der Waals surface area contributed by atoms with Gasteiger partial charge in [0, 0.05) is 6.42 Å². The van der Waals surface area contributed by atoms with Crippen LogP contribution in [0, 0.1) is 12.3 Å². The molecule has 21 heavy (non-hydrogen) atoms. The van der Waals surface area contributed by atoms with E-state index in [2.05, 4.69) is 61.0 Å². The van der Waals surface area contributed by atoms with Gasteiger partial charge in [-0.05, 0) is 41.0 Å². The second kappa shape index (κ2) is 7.27. The molecule has 0 atom stereocenters. The van der Waals surface area contributed by atoms with Crippen LogP contribution in [0.25, 0.3) is 17.2 Å². The van der Waals surface area contributed by atoms with Gasteiger partial charge in [-0.2, -0.15) is 0 Å². The monoisotopic (exact) mass is 391 g/mol. The second-order valence-electron chi connectivity index (χ2n) is 5.31. The first kappa shape index (κ1) is 15.5. The van der Waals surface area contributed by atoms with E-state index in [4.69, 9.17) is 17.0 Å². The Morgan fingerprint density at radius 1 is 0.905 bits per heavy atom. The summed E-state index contributed by atoms with van der Waals surface area (Å²) in [6.07, 6.45) is 7.52. The molecule has 2 aromatic carbocycles. The summed E-state index contributed by atoms with van der Waals surface area (Å²) >= 11 is -0.826. The summed E-state index contributed by atoms with van der Waals surface area (Å²) < 4.78 is 0. The van der Waals surface area contributed by atoms with E-state index in [0.717, 1.165) is 5.92 Å². The van der Waals surface area contributed by atoms with Crippen LogP contribution in [0.5, 0.6) is 0 Å². The normalized spacial score (nSPS) is 15.6. The molecular weight excluding hydrogens is 378 g/mol. The van der Waals surface area contributed by atoms with Crippen molar-refractivity contribution < 1.29 is 20.8 Å². The van der Waals surface area contributed by atoms with Gasteiger partial charge in [0.15, 0.2) is 0 Å². The Morgan fingerprint density at radius 2 is 1.62 bits per heavy atom. The van der Waals surface area contributed by atoms with Crippen LogP contribution in [0.1, 0.15) is 24.0 Å². The maximum absolute atomic E-state index is 4.93. The average molecular weight is 393 g/mol. The molecule has 0 saturated heterocycles. The van der Waals surface area contributed by atoms with Gasteiger partial charge in [-0.25, -0.2) is 0 Å². The van der Waals surface area contributed by atoms with Gasteiger partial charge in [0.2, 0.25) is 0 Å². The molecule has 3 heteroatoms. The van der Waals surface area contributed by atoms with Crippen LogP contribution in [0.3, 0.4) is 0 Å². The molecule has 0 N–H and O–H groups in total. The van der Waals surface area contributed by atoms with Gasteiger partial charge < -0.3 is 0 Å². The Kier molecular flexibility index (Phi) is 5.38. The Morgan fingerprint density at radius 3 is 2.29 bits per heavy atom. The predicted octanol–water partition coefficient (Wildman–Crippen LogP) is 6.09. The average Bonchev–Trinajstić information content (AvgIpc) is 3.27. The standard InChI is InChI=1S/C18H15.2ClH.Zr/c1-2-5-14(6-3-1)17-8-4-7-15-11-16(12-18(15)17)13-9-10-13;;;/h1-8,11-13H,9-10H2;2*1H;/q;;;+2/p-2. The molecule has 1 saturated carbocycles. The molecule has 2 aliphatic rings. The molecule has 0 aromatic heterocycles. The van der Waals surface area contributed by atoms with Gasteiger partial charge in [0.05, 0.1) is 0 Å². The van der Waals surface area contributed by atoms with Crippen LogP contribution in [0.15, 0.2) is 54.1 Å². The number of hydrogen-bond acceptors (Lipinski definition) is 0. The number of benzene rings is 2. The number of rotatable bonds is 2. The van der Waals surface area contributed by atoms with Crippen molar-refractivity contribution in [3.05, 3.63) is 71.7 Å². The zero-order chi connectivity index (χ0) is 14.7. The fourth-order valence-corrected chi connectivity index (χ4v) is 2.78. The van der Waals surface area contributed by atoms with Gasteiger partial charge in [-0.3, -0.25) is 0 Å². The summed E-state index contributed by atoms with van der Waals surface area (Å²) in [7, 11) is 9.87. The summed E-state index contributed by atoms with van der Waals surface area (Å²) in [5, 5.41) is 0. The maximum atomic E-state index is 4.93. The van der Waals surface area contributed by atoms with Crippen molar-refractivity contribution in [1.82, 2.24) is 0 Å². The second-order valence-corrected chi connectivity index (χ2v) is 9.04. The van der Waals surface area contributed by atoms with Gasteiger partial charge in [0.1, 0.15) is 0 Å². The number of fused-ring (bicyclic) bond motifs is 1. The summed E-state index contributed by atoms with van der Waals surface area (Å²) in [6, 6.07) is 17.3. The van der Waals surface area contributed by atoms with Gasteiger partial charge in [0.25, 0.3) is 0 Å². The van der Waals surface area contributed by atoms with E-state index in [1.54, 1.807) is 0 Å². The first-order valence-electron chi connectivity index (χ1n) is 7.04. The van der Waals surface area contributed by atoms with Crippen molar-refractivity contribution in [3.8, 4) is 11.1 Å². The first-order valence-corrected chi connectivity index (χ1v) is 13.4. The molecular formula is C18H15Cl2Zr. The van der Waals surface area contributed by atoms with E-state index in [-0.39, 0.29) is 0 Å². The van der Waals surface area contributed by atoms with Crippen molar-refractivity contribution in [2.45, 2.75) is 12.8 Å². The van der Waals surface area contributed by atoms with Crippen LogP contribution in [-0.4, -0.2) is 0 Å². The zero-order valence-corrected chi connectivity index (χ0v) is 15.5. The third-order valence-corrected chi connectivity index (χ3v) is 3.91. The molecule has 0 nitrogen and oxygen atoms in total. The molecule has 105 valence electrons. The van der Waals surface area contributed by atoms with Crippen molar-refractivity contribution in [2.75, 3.05) is 0 Å². The summed E-state index contributed by atoms with van der Waals surface area (Å²) in [4.78, 5) is 0. The molecule has 1 fully saturated rings. The third kappa shape index (κ3) is 3.70. The fourth-order valence-electron chi connectivity index (χ4n) is 2.78. The quantitative estimate of drug-likeness (QED) is 0.579. The predicted molar refractivity (Wildman–Crippen MR) is 87.7 cm³/mol. The molecule has 1 radical (unpaired) electrons. The molecule has 0 spiro atoms. The zero-order valence-electron chi connectivity index (χ0n) is 11.5. The van der Waals surface area contributed by atoms with Crippen LogP contribution >= 0.6 is 17.0 Å². The van der Waals surface area contributed by atoms with Crippen molar-refractivity contribution in [2.24, 2.45) is 5.92 Å². The molecule has 0 aliphatic heterocycles. The third-order valence-electron chi connectivity index (χ3n) is 3.91. The SMILES string of the molecule is [CH]1C(C2CC2)=Cc2c1cccc2-c1ccccc1.[Cl][Zr][Cl]. The Bertz CT molecular complexity index is 646. The van der Waals surface area contributed by atoms with Gasteiger partial charge in [-0.15, -0.1) is 0 Å². The molecule has 0 bridgehead atoms. The number of allylic oxidation sites excluding steroid dienone is 1. The Hall–Kier alpha value is -0.357. The van der Waals surface area contributed by atoms with Crippen LogP contribution in [0.2, 0.25) is 0 Å². The molecule has 4 rings (SSSR count). The van der Waals surface area contributed by atoms with E-state index >= 15 is 0 Å². The molecule has 2 aromatic rings. The topological polar surface area (TPSA) is 0 Å². The summed E-state index contributed by atoms with van der Waals surface area (Å²) in [6.45, 7) is 0.